The Morgan fingerprint density at radius 3 is 1.28 bits per heavy atom. The van der Waals surface area contributed by atoms with Crippen molar-refractivity contribution in [2.45, 2.75) is 17.8 Å². The third-order valence-electron chi connectivity index (χ3n) is 3.86. The maximum Gasteiger partial charge on any atom is 0.411 e. The highest BCUT2D eigenvalue weighted by Gasteiger charge is 2.72. The zero-order valence-corrected chi connectivity index (χ0v) is 13.2. The summed E-state index contributed by atoms with van der Waals surface area (Å²) in [5.41, 5.74) is -6.19. The van der Waals surface area contributed by atoms with Crippen LogP contribution in [0, 0.1) is 0 Å². The van der Waals surface area contributed by atoms with Gasteiger partial charge in [-0.3, -0.25) is 0 Å². The lowest BCUT2D eigenvalue weighted by atomic mass is 9.73. The molecule has 0 atom stereocenters. The first-order valence-corrected chi connectivity index (χ1v) is 7.00. The van der Waals surface area contributed by atoms with Crippen molar-refractivity contribution in [3.8, 4) is 11.5 Å². The topological polar surface area (TPSA) is 18.5 Å². The first kappa shape index (κ1) is 19.0. The molecule has 0 N–H and O–H groups in total. The highest BCUT2D eigenvalue weighted by Crippen LogP contribution is 2.56. The minimum Gasteiger partial charge on any atom is -0.497 e. The maximum absolute atomic E-state index is 13.9. The molecule has 8 heteroatoms. The average molecular weight is 364 g/mol. The summed E-state index contributed by atoms with van der Waals surface area (Å²) in [5.74, 6) is -0.225. The summed E-state index contributed by atoms with van der Waals surface area (Å²) in [6, 6.07) is 7.74. The number of alkyl halides is 6. The first-order valence-electron chi connectivity index (χ1n) is 7.00. The van der Waals surface area contributed by atoms with E-state index in [1.807, 2.05) is 0 Å². The fraction of sp³-hybridized carbons (Fsp3) is 0.294. The standard InChI is InChI=1S/C17H14F6O2/c1-24-13-7-3-5-11(9-13)15(16(18,19)20,17(21,22)23)12-6-4-8-14(10-12)25-2/h3-10H,1-2H3. The number of hydrogen-bond donors (Lipinski definition) is 0. The SMILES string of the molecule is COc1cccc(C(c2cccc(OC)c2)(C(F)(F)F)C(F)(F)F)c1. The second-order valence-electron chi connectivity index (χ2n) is 5.21. The van der Waals surface area contributed by atoms with Crippen molar-refractivity contribution >= 4 is 0 Å². The van der Waals surface area contributed by atoms with E-state index in [9.17, 15) is 26.3 Å². The predicted octanol–water partition coefficient (Wildman–Crippen LogP) is 5.11. The lowest BCUT2D eigenvalue weighted by Gasteiger charge is -2.38. The quantitative estimate of drug-likeness (QED) is 0.702. The van der Waals surface area contributed by atoms with Gasteiger partial charge in [0.15, 0.2) is 0 Å². The normalized spacial score (nSPS) is 12.8. The second kappa shape index (κ2) is 6.50. The van der Waals surface area contributed by atoms with Crippen molar-refractivity contribution in [3.05, 3.63) is 59.7 Å². The van der Waals surface area contributed by atoms with Crippen LogP contribution >= 0.6 is 0 Å². The lowest BCUT2D eigenvalue weighted by molar-refractivity contribution is -0.288. The van der Waals surface area contributed by atoms with Gasteiger partial charge in [0, 0.05) is 0 Å². The highest BCUT2D eigenvalue weighted by molar-refractivity contribution is 5.48. The molecule has 2 aromatic carbocycles. The van der Waals surface area contributed by atoms with E-state index in [-0.39, 0.29) is 11.5 Å². The molecule has 2 aromatic rings. The van der Waals surface area contributed by atoms with E-state index in [2.05, 4.69) is 0 Å². The van der Waals surface area contributed by atoms with Crippen LogP contribution in [0.25, 0.3) is 0 Å². The van der Waals surface area contributed by atoms with Crippen LogP contribution in [-0.2, 0) is 5.41 Å². The minimum absolute atomic E-state index is 0.113. The largest absolute Gasteiger partial charge is 0.497 e. The fourth-order valence-electron chi connectivity index (χ4n) is 2.69. The van der Waals surface area contributed by atoms with Gasteiger partial charge in [-0.1, -0.05) is 24.3 Å². The van der Waals surface area contributed by atoms with Crippen LogP contribution < -0.4 is 9.47 Å². The Morgan fingerprint density at radius 1 is 0.640 bits per heavy atom. The van der Waals surface area contributed by atoms with E-state index >= 15 is 0 Å². The van der Waals surface area contributed by atoms with Crippen LogP contribution in [-0.4, -0.2) is 26.6 Å². The van der Waals surface area contributed by atoms with Gasteiger partial charge in [0.2, 0.25) is 5.41 Å². The molecule has 0 radical (unpaired) electrons. The maximum atomic E-state index is 13.9. The molecule has 25 heavy (non-hydrogen) atoms. The number of hydrogen-bond acceptors (Lipinski definition) is 2. The van der Waals surface area contributed by atoms with E-state index < -0.39 is 28.9 Å². The van der Waals surface area contributed by atoms with Crippen molar-refractivity contribution in [1.82, 2.24) is 0 Å². The van der Waals surface area contributed by atoms with Gasteiger partial charge in [-0.25, -0.2) is 0 Å². The van der Waals surface area contributed by atoms with Crippen LogP contribution in [0.4, 0.5) is 26.3 Å². The monoisotopic (exact) mass is 364 g/mol. The summed E-state index contributed by atoms with van der Waals surface area (Å²) in [5, 5.41) is 0. The summed E-state index contributed by atoms with van der Waals surface area (Å²) in [6.07, 6.45) is -11.3. The molecule has 0 aromatic heterocycles. The molecular weight excluding hydrogens is 350 g/mol. The molecule has 0 heterocycles. The van der Waals surface area contributed by atoms with Gasteiger partial charge in [-0.05, 0) is 35.4 Å². The Kier molecular flexibility index (Phi) is 4.92. The van der Waals surface area contributed by atoms with Crippen LogP contribution in [0.3, 0.4) is 0 Å². The van der Waals surface area contributed by atoms with Crippen LogP contribution in [0.5, 0.6) is 11.5 Å². The molecule has 0 aliphatic rings. The molecule has 0 spiro atoms. The van der Waals surface area contributed by atoms with Crippen LogP contribution in [0.15, 0.2) is 48.5 Å². The lowest BCUT2D eigenvalue weighted by Crippen LogP contribution is -2.54. The Hall–Kier alpha value is -2.38. The highest BCUT2D eigenvalue weighted by atomic mass is 19.4. The molecular formula is C17H14F6O2. The first-order chi connectivity index (χ1) is 11.6. The molecule has 0 aliphatic carbocycles. The summed E-state index contributed by atoms with van der Waals surface area (Å²) in [7, 11) is 2.32. The van der Waals surface area contributed by atoms with Gasteiger partial charge in [0.1, 0.15) is 11.5 Å². The van der Waals surface area contributed by atoms with Crippen LogP contribution in [0.1, 0.15) is 11.1 Å². The van der Waals surface area contributed by atoms with Gasteiger partial charge in [0.05, 0.1) is 14.2 Å². The summed E-state index contributed by atoms with van der Waals surface area (Å²) < 4.78 is 93.1. The number of ether oxygens (including phenoxy) is 2. The Bertz CT molecular complexity index is 673. The fourth-order valence-corrected chi connectivity index (χ4v) is 2.69. The van der Waals surface area contributed by atoms with E-state index in [0.717, 1.165) is 50.6 Å². The molecule has 0 unspecified atom stereocenters. The molecule has 136 valence electrons. The Balaban J connectivity index is 2.91. The molecule has 2 rings (SSSR count). The third-order valence-corrected chi connectivity index (χ3v) is 3.86. The summed E-state index contributed by atoms with van der Waals surface area (Å²) in [6.45, 7) is 0. The number of rotatable bonds is 4. The minimum atomic E-state index is -5.65. The molecule has 0 bridgehead atoms. The van der Waals surface area contributed by atoms with Crippen molar-refractivity contribution < 1.29 is 35.8 Å². The smallest absolute Gasteiger partial charge is 0.411 e. The zero-order valence-electron chi connectivity index (χ0n) is 13.2. The summed E-state index contributed by atoms with van der Waals surface area (Å²) in [4.78, 5) is 0. The van der Waals surface area contributed by atoms with E-state index in [1.165, 1.54) is 12.1 Å². The van der Waals surface area contributed by atoms with Crippen LogP contribution in [0.2, 0.25) is 0 Å². The van der Waals surface area contributed by atoms with Gasteiger partial charge < -0.3 is 9.47 Å². The predicted molar refractivity (Wildman–Crippen MR) is 78.9 cm³/mol. The van der Waals surface area contributed by atoms with Gasteiger partial charge in [-0.2, -0.15) is 26.3 Å². The number of methoxy groups -OCH3 is 2. The molecule has 0 amide bonds. The molecule has 0 aliphatic heterocycles. The van der Waals surface area contributed by atoms with Crippen molar-refractivity contribution in [3.63, 3.8) is 0 Å². The van der Waals surface area contributed by atoms with E-state index in [1.54, 1.807) is 0 Å². The summed E-state index contributed by atoms with van der Waals surface area (Å²) >= 11 is 0. The van der Waals surface area contributed by atoms with E-state index in [4.69, 9.17) is 9.47 Å². The molecule has 2 nitrogen and oxygen atoms in total. The molecule has 0 saturated heterocycles. The Labute approximate surface area is 140 Å². The van der Waals surface area contributed by atoms with Gasteiger partial charge >= 0.3 is 12.4 Å². The molecule has 0 fully saturated rings. The van der Waals surface area contributed by atoms with Gasteiger partial charge in [0.25, 0.3) is 0 Å². The average Bonchev–Trinajstić information content (AvgIpc) is 2.53. The van der Waals surface area contributed by atoms with E-state index in [0.29, 0.717) is 0 Å². The zero-order chi connectivity index (χ0) is 18.9. The number of halogens is 6. The number of benzene rings is 2. The Morgan fingerprint density at radius 2 is 1.00 bits per heavy atom. The van der Waals surface area contributed by atoms with Crippen molar-refractivity contribution in [2.75, 3.05) is 14.2 Å². The molecule has 0 saturated carbocycles. The third kappa shape index (κ3) is 3.12. The second-order valence-corrected chi connectivity index (χ2v) is 5.21. The van der Waals surface area contributed by atoms with Crippen molar-refractivity contribution in [2.24, 2.45) is 0 Å². The van der Waals surface area contributed by atoms with Gasteiger partial charge in [-0.15, -0.1) is 0 Å². The van der Waals surface area contributed by atoms with Crippen molar-refractivity contribution in [1.29, 1.82) is 0 Å².